The van der Waals surface area contributed by atoms with Gasteiger partial charge < -0.3 is 9.84 Å². The number of phenolic OH excluding ortho intramolecular Hbond substituents is 1. The first kappa shape index (κ1) is 11.3. The Morgan fingerprint density at radius 3 is 2.93 bits per heavy atom. The van der Waals surface area contributed by atoms with Crippen molar-refractivity contribution < 1.29 is 14.6 Å². The zero-order valence-corrected chi connectivity index (χ0v) is 8.69. The predicted octanol–water partition coefficient (Wildman–Crippen LogP) is 2.55. The predicted molar refractivity (Wildman–Crippen MR) is 58.4 cm³/mol. The summed E-state index contributed by atoms with van der Waals surface area (Å²) in [4.78, 5) is 11.4. The van der Waals surface area contributed by atoms with Crippen LogP contribution in [0.1, 0.15) is 23.7 Å². The molecule has 15 heavy (non-hydrogen) atoms. The van der Waals surface area contributed by atoms with Gasteiger partial charge in [0.1, 0.15) is 18.1 Å². The topological polar surface area (TPSA) is 46.5 Å². The van der Waals surface area contributed by atoms with Crippen LogP contribution in [0.15, 0.2) is 30.9 Å². The van der Waals surface area contributed by atoms with Crippen molar-refractivity contribution in [1.82, 2.24) is 0 Å². The van der Waals surface area contributed by atoms with Crippen LogP contribution in [0.5, 0.6) is 11.5 Å². The fourth-order valence-corrected chi connectivity index (χ4v) is 1.17. The van der Waals surface area contributed by atoms with Gasteiger partial charge in [-0.05, 0) is 18.2 Å². The van der Waals surface area contributed by atoms with Gasteiger partial charge in [-0.15, -0.1) is 0 Å². The van der Waals surface area contributed by atoms with Crippen LogP contribution in [-0.2, 0) is 0 Å². The van der Waals surface area contributed by atoms with Gasteiger partial charge in [0.05, 0.1) is 5.56 Å². The molecule has 0 aliphatic carbocycles. The standard InChI is InChI=1S/C12H14O3/c1-3-7-15-9-5-6-12(14)10(8-9)11(13)4-2/h3,5-6,8,14H,1,4,7H2,2H3. The minimum absolute atomic E-state index is 0.00666. The molecule has 0 heterocycles. The maximum atomic E-state index is 11.4. The average Bonchev–Trinajstić information content (AvgIpc) is 2.27. The molecule has 0 aliphatic rings. The van der Waals surface area contributed by atoms with Gasteiger partial charge in [0, 0.05) is 6.42 Å². The number of aromatic hydroxyl groups is 1. The summed E-state index contributed by atoms with van der Waals surface area (Å²) < 4.78 is 5.26. The molecular weight excluding hydrogens is 192 g/mol. The van der Waals surface area contributed by atoms with Gasteiger partial charge in [0.15, 0.2) is 5.78 Å². The van der Waals surface area contributed by atoms with E-state index in [0.717, 1.165) is 0 Å². The third-order valence-electron chi connectivity index (χ3n) is 1.96. The monoisotopic (exact) mass is 206 g/mol. The Morgan fingerprint density at radius 2 is 2.33 bits per heavy atom. The van der Waals surface area contributed by atoms with Crippen LogP contribution >= 0.6 is 0 Å². The van der Waals surface area contributed by atoms with E-state index in [1.165, 1.54) is 6.07 Å². The molecule has 1 rings (SSSR count). The molecule has 1 aromatic rings. The lowest BCUT2D eigenvalue weighted by Crippen LogP contribution is -1.99. The van der Waals surface area contributed by atoms with Gasteiger partial charge in [-0.25, -0.2) is 0 Å². The second-order valence-electron chi connectivity index (χ2n) is 3.06. The Bertz CT molecular complexity index is 369. The first-order valence-corrected chi connectivity index (χ1v) is 4.79. The van der Waals surface area contributed by atoms with Crippen LogP contribution in [0.2, 0.25) is 0 Å². The molecule has 0 saturated heterocycles. The smallest absolute Gasteiger partial charge is 0.166 e. The van der Waals surface area contributed by atoms with E-state index in [1.807, 2.05) is 0 Å². The summed E-state index contributed by atoms with van der Waals surface area (Å²) in [6.07, 6.45) is 1.98. The van der Waals surface area contributed by atoms with Crippen molar-refractivity contribution in [2.45, 2.75) is 13.3 Å². The van der Waals surface area contributed by atoms with Gasteiger partial charge >= 0.3 is 0 Å². The Morgan fingerprint density at radius 1 is 1.60 bits per heavy atom. The van der Waals surface area contributed by atoms with E-state index in [1.54, 1.807) is 25.1 Å². The van der Waals surface area contributed by atoms with E-state index < -0.39 is 0 Å². The van der Waals surface area contributed by atoms with E-state index in [-0.39, 0.29) is 11.5 Å². The van der Waals surface area contributed by atoms with Crippen LogP contribution < -0.4 is 4.74 Å². The number of hydrogen-bond donors (Lipinski definition) is 1. The zero-order chi connectivity index (χ0) is 11.3. The zero-order valence-electron chi connectivity index (χ0n) is 8.69. The Hall–Kier alpha value is -1.77. The van der Waals surface area contributed by atoms with E-state index in [4.69, 9.17) is 4.74 Å². The number of carbonyl (C=O) groups excluding carboxylic acids is 1. The molecule has 1 N–H and O–H groups in total. The lowest BCUT2D eigenvalue weighted by Gasteiger charge is -2.06. The summed E-state index contributed by atoms with van der Waals surface area (Å²) in [5.74, 6) is 0.453. The number of hydrogen-bond acceptors (Lipinski definition) is 3. The van der Waals surface area contributed by atoms with Gasteiger partial charge in [0.2, 0.25) is 0 Å². The highest BCUT2D eigenvalue weighted by Gasteiger charge is 2.10. The third-order valence-corrected chi connectivity index (χ3v) is 1.96. The highest BCUT2D eigenvalue weighted by molar-refractivity contribution is 5.98. The van der Waals surface area contributed by atoms with E-state index >= 15 is 0 Å². The first-order valence-electron chi connectivity index (χ1n) is 4.79. The lowest BCUT2D eigenvalue weighted by atomic mass is 10.1. The van der Waals surface area contributed by atoms with Gasteiger partial charge in [-0.3, -0.25) is 4.79 Å². The molecule has 3 nitrogen and oxygen atoms in total. The fraction of sp³-hybridized carbons (Fsp3) is 0.250. The number of benzene rings is 1. The molecule has 0 bridgehead atoms. The van der Waals surface area contributed by atoms with Crippen LogP contribution in [0, 0.1) is 0 Å². The summed E-state index contributed by atoms with van der Waals surface area (Å²) in [7, 11) is 0. The summed E-state index contributed by atoms with van der Waals surface area (Å²) in [5.41, 5.74) is 0.305. The van der Waals surface area contributed by atoms with Crippen molar-refractivity contribution >= 4 is 5.78 Å². The molecule has 0 fully saturated rings. The highest BCUT2D eigenvalue weighted by Crippen LogP contribution is 2.24. The average molecular weight is 206 g/mol. The van der Waals surface area contributed by atoms with Crippen molar-refractivity contribution in [2.75, 3.05) is 6.61 Å². The van der Waals surface area contributed by atoms with Crippen molar-refractivity contribution in [2.24, 2.45) is 0 Å². The van der Waals surface area contributed by atoms with E-state index in [9.17, 15) is 9.90 Å². The molecule has 0 aromatic heterocycles. The summed E-state index contributed by atoms with van der Waals surface area (Å²) >= 11 is 0. The second-order valence-corrected chi connectivity index (χ2v) is 3.06. The number of phenols is 1. The number of ketones is 1. The molecule has 0 atom stereocenters. The molecule has 0 amide bonds. The molecular formula is C12H14O3. The maximum absolute atomic E-state index is 11.4. The van der Waals surface area contributed by atoms with Crippen molar-refractivity contribution in [3.05, 3.63) is 36.4 Å². The number of Topliss-reactive ketones (excluding diaryl/α,β-unsaturated/α-hetero) is 1. The maximum Gasteiger partial charge on any atom is 0.166 e. The van der Waals surface area contributed by atoms with Crippen molar-refractivity contribution in [3.8, 4) is 11.5 Å². The quantitative estimate of drug-likeness (QED) is 0.595. The largest absolute Gasteiger partial charge is 0.507 e. The summed E-state index contributed by atoms with van der Waals surface area (Å²) in [6, 6.07) is 4.62. The number of rotatable bonds is 5. The van der Waals surface area contributed by atoms with Crippen molar-refractivity contribution in [1.29, 1.82) is 0 Å². The molecule has 0 aliphatic heterocycles. The molecule has 3 heteroatoms. The molecule has 1 aromatic carbocycles. The second kappa shape index (κ2) is 5.20. The van der Waals surface area contributed by atoms with Crippen LogP contribution in [-0.4, -0.2) is 17.5 Å². The third kappa shape index (κ3) is 2.84. The first-order chi connectivity index (χ1) is 7.19. The molecule has 0 unspecified atom stereocenters. The Labute approximate surface area is 89.0 Å². The normalized spacial score (nSPS) is 9.67. The molecule has 0 saturated carbocycles. The van der Waals surface area contributed by atoms with Crippen LogP contribution in [0.4, 0.5) is 0 Å². The van der Waals surface area contributed by atoms with E-state index in [2.05, 4.69) is 6.58 Å². The molecule has 80 valence electrons. The van der Waals surface area contributed by atoms with E-state index in [0.29, 0.717) is 24.3 Å². The van der Waals surface area contributed by atoms with Gasteiger partial charge in [-0.2, -0.15) is 0 Å². The summed E-state index contributed by atoms with van der Waals surface area (Å²) in [5, 5.41) is 9.47. The Balaban J connectivity index is 2.94. The van der Waals surface area contributed by atoms with Crippen LogP contribution in [0.25, 0.3) is 0 Å². The number of ether oxygens (including phenoxy) is 1. The van der Waals surface area contributed by atoms with Crippen LogP contribution in [0.3, 0.4) is 0 Å². The molecule has 0 spiro atoms. The summed E-state index contributed by atoms with van der Waals surface area (Å²) in [6.45, 7) is 5.65. The van der Waals surface area contributed by atoms with Crippen molar-refractivity contribution in [3.63, 3.8) is 0 Å². The SMILES string of the molecule is C=CCOc1ccc(O)c(C(=O)CC)c1. The minimum atomic E-state index is -0.100. The highest BCUT2D eigenvalue weighted by atomic mass is 16.5. The fourth-order valence-electron chi connectivity index (χ4n) is 1.17. The lowest BCUT2D eigenvalue weighted by molar-refractivity contribution is 0.0985. The van der Waals surface area contributed by atoms with Gasteiger partial charge in [0.25, 0.3) is 0 Å². The van der Waals surface area contributed by atoms with Gasteiger partial charge in [-0.1, -0.05) is 19.6 Å². The Kier molecular flexibility index (Phi) is 3.92. The molecule has 0 radical (unpaired) electrons. The number of carbonyl (C=O) groups is 1. The minimum Gasteiger partial charge on any atom is -0.507 e.